The first-order chi connectivity index (χ1) is 12.4. The van der Waals surface area contributed by atoms with Crippen molar-refractivity contribution in [2.75, 3.05) is 12.0 Å². The molecule has 26 heavy (non-hydrogen) atoms. The van der Waals surface area contributed by atoms with Gasteiger partial charge in [-0.25, -0.2) is 4.98 Å². The van der Waals surface area contributed by atoms with E-state index < -0.39 is 0 Å². The van der Waals surface area contributed by atoms with E-state index in [1.807, 2.05) is 11.0 Å². The van der Waals surface area contributed by atoms with E-state index in [0.29, 0.717) is 0 Å². The van der Waals surface area contributed by atoms with E-state index in [4.69, 9.17) is 0 Å². The second-order valence-corrected chi connectivity index (χ2v) is 7.53. The molecule has 0 saturated carbocycles. The normalized spacial score (nSPS) is 10.7. The second kappa shape index (κ2) is 19.3. The molecule has 0 radical (unpaired) electrons. The highest BCUT2D eigenvalue weighted by Crippen LogP contribution is 2.13. The number of hydrogen-bond donors (Lipinski definition) is 1. The van der Waals surface area contributed by atoms with Crippen LogP contribution in [0, 0.1) is 0 Å². The van der Waals surface area contributed by atoms with Gasteiger partial charge < -0.3 is 5.43 Å². The maximum Gasteiger partial charge on any atom is 0.114 e. The zero-order valence-corrected chi connectivity index (χ0v) is 19.2. The number of aryl methyl sites for hydroxylation is 1. The van der Waals surface area contributed by atoms with Crippen LogP contribution in [0.4, 0.5) is 0 Å². The lowest BCUT2D eigenvalue weighted by Gasteiger charge is -2.03. The fourth-order valence-electron chi connectivity index (χ4n) is 3.32. The first-order valence-corrected chi connectivity index (χ1v) is 11.1. The maximum atomic E-state index is 4.47. The highest BCUT2D eigenvalue weighted by atomic mass is 79.9. The molecule has 0 aliphatic carbocycles. The molecule has 154 valence electrons. The predicted molar refractivity (Wildman–Crippen MR) is 121 cm³/mol. The van der Waals surface area contributed by atoms with E-state index in [2.05, 4.69) is 30.5 Å². The van der Waals surface area contributed by atoms with Crippen LogP contribution in [0.3, 0.4) is 0 Å². The minimum Gasteiger partial charge on any atom is -0.325 e. The van der Waals surface area contributed by atoms with Crippen molar-refractivity contribution in [3.8, 4) is 0 Å². The third-order valence-electron chi connectivity index (χ3n) is 4.97. The Morgan fingerprint density at radius 1 is 0.731 bits per heavy atom. The van der Waals surface area contributed by atoms with Gasteiger partial charge in [0.05, 0.1) is 5.69 Å². The topological polar surface area (TPSA) is 29.9 Å². The van der Waals surface area contributed by atoms with Crippen LogP contribution in [-0.2, 0) is 6.42 Å². The number of imidazole rings is 1. The molecule has 0 spiro atoms. The minimum absolute atomic E-state index is 0. The van der Waals surface area contributed by atoms with Gasteiger partial charge in [-0.05, 0) is 19.3 Å². The fraction of sp³-hybridized carbons (Fsp3) is 0.864. The molecule has 0 amide bonds. The fourth-order valence-corrected chi connectivity index (χ4v) is 3.32. The summed E-state index contributed by atoms with van der Waals surface area (Å²) < 4.78 is 2.00. The standard InChI is InChI=1S/C22H43N3.BrH/c1-3-5-6-7-8-9-10-11-12-13-14-15-16-17-18-22-20-25(21-23-22)24-19-4-2;/h20-21,24H,3-19H2,1-2H3;1H. The first-order valence-electron chi connectivity index (χ1n) is 11.1. The van der Waals surface area contributed by atoms with Gasteiger partial charge in [0.25, 0.3) is 0 Å². The lowest BCUT2D eigenvalue weighted by molar-refractivity contribution is 0.535. The van der Waals surface area contributed by atoms with Crippen molar-refractivity contribution in [2.45, 2.75) is 117 Å². The van der Waals surface area contributed by atoms with E-state index in [1.54, 1.807) is 0 Å². The van der Waals surface area contributed by atoms with Gasteiger partial charge in [0.1, 0.15) is 6.33 Å². The summed E-state index contributed by atoms with van der Waals surface area (Å²) in [4.78, 5) is 4.47. The van der Waals surface area contributed by atoms with E-state index in [9.17, 15) is 0 Å². The number of aromatic nitrogens is 2. The van der Waals surface area contributed by atoms with E-state index in [1.165, 1.54) is 95.6 Å². The van der Waals surface area contributed by atoms with Crippen molar-refractivity contribution in [2.24, 2.45) is 0 Å². The lowest BCUT2D eigenvalue weighted by Crippen LogP contribution is -2.12. The van der Waals surface area contributed by atoms with Crippen LogP contribution in [-0.4, -0.2) is 16.2 Å². The quantitative estimate of drug-likeness (QED) is 0.245. The summed E-state index contributed by atoms with van der Waals surface area (Å²) in [5, 5.41) is 0. The van der Waals surface area contributed by atoms with Crippen LogP contribution < -0.4 is 5.43 Å². The van der Waals surface area contributed by atoms with Crippen LogP contribution >= 0.6 is 17.0 Å². The van der Waals surface area contributed by atoms with Gasteiger partial charge in [-0.15, -0.1) is 17.0 Å². The smallest absolute Gasteiger partial charge is 0.114 e. The summed E-state index contributed by atoms with van der Waals surface area (Å²) in [7, 11) is 0. The van der Waals surface area contributed by atoms with Crippen LogP contribution in [0.1, 0.15) is 116 Å². The molecule has 0 fully saturated rings. The Kier molecular flexibility index (Phi) is 18.9. The summed E-state index contributed by atoms with van der Waals surface area (Å²) in [6.45, 7) is 5.48. The molecular formula is C22H44BrN3. The second-order valence-electron chi connectivity index (χ2n) is 7.53. The summed E-state index contributed by atoms with van der Waals surface area (Å²) >= 11 is 0. The van der Waals surface area contributed by atoms with Gasteiger partial charge in [-0.3, -0.25) is 4.68 Å². The van der Waals surface area contributed by atoms with Gasteiger partial charge >= 0.3 is 0 Å². The van der Waals surface area contributed by atoms with Crippen LogP contribution in [0.15, 0.2) is 12.5 Å². The molecule has 0 bridgehead atoms. The van der Waals surface area contributed by atoms with Crippen LogP contribution in [0.2, 0.25) is 0 Å². The van der Waals surface area contributed by atoms with Gasteiger partial charge in [0.15, 0.2) is 0 Å². The summed E-state index contributed by atoms with van der Waals surface area (Å²) in [6, 6.07) is 0. The molecule has 0 saturated heterocycles. The van der Waals surface area contributed by atoms with E-state index in [0.717, 1.165) is 19.4 Å². The van der Waals surface area contributed by atoms with Crippen LogP contribution in [0.25, 0.3) is 0 Å². The largest absolute Gasteiger partial charge is 0.325 e. The zero-order valence-electron chi connectivity index (χ0n) is 17.5. The van der Waals surface area contributed by atoms with Crippen molar-refractivity contribution in [3.05, 3.63) is 18.2 Å². The number of rotatable bonds is 18. The zero-order chi connectivity index (χ0) is 18.0. The number of unbranched alkanes of at least 4 members (excludes halogenated alkanes) is 13. The predicted octanol–water partition coefficient (Wildman–Crippen LogP) is 7.44. The average molecular weight is 431 g/mol. The van der Waals surface area contributed by atoms with Crippen LogP contribution in [0.5, 0.6) is 0 Å². The molecule has 4 heteroatoms. The number of halogens is 1. The Bertz CT molecular complexity index is 392. The van der Waals surface area contributed by atoms with Crippen molar-refractivity contribution in [3.63, 3.8) is 0 Å². The molecule has 0 unspecified atom stereocenters. The Hall–Kier alpha value is -0.510. The van der Waals surface area contributed by atoms with Crippen molar-refractivity contribution >= 4 is 17.0 Å². The third-order valence-corrected chi connectivity index (χ3v) is 4.97. The Labute approximate surface area is 173 Å². The number of hydrogen-bond acceptors (Lipinski definition) is 2. The monoisotopic (exact) mass is 429 g/mol. The first kappa shape index (κ1) is 25.5. The highest BCUT2D eigenvalue weighted by molar-refractivity contribution is 8.93. The maximum absolute atomic E-state index is 4.47. The van der Waals surface area contributed by atoms with E-state index in [-0.39, 0.29) is 17.0 Å². The lowest BCUT2D eigenvalue weighted by atomic mass is 10.0. The molecule has 0 aromatic carbocycles. The van der Waals surface area contributed by atoms with Gasteiger partial charge in [-0.1, -0.05) is 97.3 Å². The molecule has 1 aromatic heterocycles. The molecule has 1 aromatic rings. The van der Waals surface area contributed by atoms with Crippen molar-refractivity contribution in [1.82, 2.24) is 9.66 Å². The molecule has 1 N–H and O–H groups in total. The van der Waals surface area contributed by atoms with Gasteiger partial charge in [-0.2, -0.15) is 0 Å². The molecule has 1 heterocycles. The summed E-state index contributed by atoms with van der Waals surface area (Å²) in [5.74, 6) is 0. The van der Waals surface area contributed by atoms with Crippen molar-refractivity contribution in [1.29, 1.82) is 0 Å². The molecule has 3 nitrogen and oxygen atoms in total. The number of nitrogens with zero attached hydrogens (tertiary/aromatic N) is 2. The highest BCUT2D eigenvalue weighted by Gasteiger charge is 1.99. The summed E-state index contributed by atoms with van der Waals surface area (Å²) in [5.41, 5.74) is 4.55. The summed E-state index contributed by atoms with van der Waals surface area (Å²) in [6.07, 6.45) is 26.2. The Balaban J connectivity index is 0.00000625. The van der Waals surface area contributed by atoms with Crippen molar-refractivity contribution < 1.29 is 0 Å². The Morgan fingerprint density at radius 2 is 1.23 bits per heavy atom. The number of nitrogens with one attached hydrogen (secondary N) is 1. The SMILES string of the molecule is Br.CCCCCCCCCCCCCCCCc1cn(NCCC)cn1. The molecule has 0 aliphatic heterocycles. The molecule has 1 rings (SSSR count). The Morgan fingerprint density at radius 3 is 1.73 bits per heavy atom. The molecule has 0 aliphatic rings. The van der Waals surface area contributed by atoms with E-state index >= 15 is 0 Å². The average Bonchev–Trinajstić information content (AvgIpc) is 3.08. The third kappa shape index (κ3) is 14.6. The minimum atomic E-state index is 0. The molecule has 0 atom stereocenters. The van der Waals surface area contributed by atoms with Gasteiger partial charge in [0.2, 0.25) is 0 Å². The van der Waals surface area contributed by atoms with Gasteiger partial charge in [0, 0.05) is 12.7 Å². The molecular weight excluding hydrogens is 386 g/mol.